The molecule has 3 aromatic carbocycles. The van der Waals surface area contributed by atoms with Gasteiger partial charge in [-0.3, -0.25) is 18.7 Å². The number of rotatable bonds is 13. The molecule has 59 heavy (non-hydrogen) atoms. The molecular weight excluding hydrogens is 904 g/mol. The Kier molecular flexibility index (Phi) is 13.3. The Morgan fingerprint density at radius 1 is 0.966 bits per heavy atom. The molecule has 0 bridgehead atoms. The number of ether oxygens (including phenoxy) is 1. The zero-order valence-electron chi connectivity index (χ0n) is 32.6. The van der Waals surface area contributed by atoms with E-state index in [4.69, 9.17) is 14.6 Å². The molecule has 4 aliphatic rings. The van der Waals surface area contributed by atoms with Gasteiger partial charge < -0.3 is 53.8 Å². The molecule has 2 amide bonds. The molecule has 310 valence electrons. The summed E-state index contributed by atoms with van der Waals surface area (Å²) in [6.45, 7) is 2.66. The van der Waals surface area contributed by atoms with E-state index < -0.39 is 51.8 Å². The van der Waals surface area contributed by atoms with E-state index in [9.17, 15) is 23.7 Å². The predicted octanol–water partition coefficient (Wildman–Crippen LogP) is 2.18. The molecule has 4 aliphatic heterocycles. The number of carbonyl (C=O) groups excluding carboxylic acids is 2. The number of β-lactam (4-membered cyclic amide) rings is 1. The molecule has 0 spiro atoms. The number of carboxylic acids is 1. The van der Waals surface area contributed by atoms with Crippen LogP contribution in [0.5, 0.6) is 0 Å². The number of carbonyl (C=O) groups is 3. The number of oxime groups is 1. The minimum Gasteiger partial charge on any atom is -1.00 e. The molecule has 1 aromatic heterocycles. The number of fused-ring (bicyclic) bond motifs is 1. The van der Waals surface area contributed by atoms with Gasteiger partial charge in [0.2, 0.25) is 6.29 Å². The molecule has 0 saturated carbocycles. The van der Waals surface area contributed by atoms with E-state index in [-0.39, 0.29) is 46.8 Å². The first kappa shape index (κ1) is 42.6. The number of carboxylic acid groups (broad SMARTS) is 1. The standard InChI is InChI=1S/C43H46N6O7S2.HI/c1-49(23-13-5-14-24-49)26-29-28-58(54)40-36(39(51)48(40)37(29)41(52)53)45-38(50)35(47-56-34-22-12-15-25-55-34)33-27-57-42(44-33)46-43(30-16-6-2-7-17-30,31-18-8-3-9-19-31)32-20-10-4-11-21-32;/h2-4,6-11,16-21,27,34,36,40H,5,12-15,22-26,28H2,1H3,(H2-,44,45,46,50,52,53);1H/t34?,36?,40-,58?;/m0./s1. The van der Waals surface area contributed by atoms with Crippen molar-refractivity contribution in [2.24, 2.45) is 5.16 Å². The van der Waals surface area contributed by atoms with Crippen molar-refractivity contribution in [2.75, 3.05) is 44.4 Å². The number of nitrogens with zero attached hydrogens (tertiary/aromatic N) is 4. The van der Waals surface area contributed by atoms with Gasteiger partial charge in [-0.2, -0.15) is 0 Å². The van der Waals surface area contributed by atoms with Crippen LogP contribution in [0.25, 0.3) is 0 Å². The number of likely N-dealkylation sites (N-methyl/N-ethyl adjacent to an activating group) is 1. The number of hydrogen-bond donors (Lipinski definition) is 3. The van der Waals surface area contributed by atoms with Gasteiger partial charge in [-0.25, -0.2) is 9.78 Å². The van der Waals surface area contributed by atoms with Gasteiger partial charge in [0, 0.05) is 17.4 Å². The summed E-state index contributed by atoms with van der Waals surface area (Å²) in [5.74, 6) is -2.66. The Labute approximate surface area is 366 Å². The summed E-state index contributed by atoms with van der Waals surface area (Å²) in [6.07, 6.45) is 4.84. The van der Waals surface area contributed by atoms with E-state index in [1.165, 1.54) is 11.3 Å². The summed E-state index contributed by atoms with van der Waals surface area (Å²) in [5.41, 5.74) is 2.35. The lowest BCUT2D eigenvalue weighted by molar-refractivity contribution is -0.909. The lowest BCUT2D eigenvalue weighted by atomic mass is 9.77. The third-order valence-corrected chi connectivity index (χ3v) is 13.9. The molecule has 16 heteroatoms. The van der Waals surface area contributed by atoms with E-state index in [2.05, 4.69) is 59.2 Å². The zero-order chi connectivity index (χ0) is 40.3. The number of nitrogens with one attached hydrogen (secondary N) is 2. The third-order valence-electron chi connectivity index (χ3n) is 11.4. The molecule has 4 aromatic rings. The van der Waals surface area contributed by atoms with Crippen LogP contribution < -0.4 is 34.6 Å². The topological polar surface area (TPSA) is 160 Å². The molecule has 3 N–H and O–H groups in total. The highest BCUT2D eigenvalue weighted by molar-refractivity contribution is 7.86. The van der Waals surface area contributed by atoms with Crippen molar-refractivity contribution in [3.05, 3.63) is 130 Å². The van der Waals surface area contributed by atoms with Gasteiger partial charge in [0.15, 0.2) is 10.8 Å². The van der Waals surface area contributed by atoms with Crippen molar-refractivity contribution in [3.63, 3.8) is 0 Å². The number of amides is 2. The fraction of sp³-hybridized carbons (Fsp3) is 0.372. The van der Waals surface area contributed by atoms with Crippen molar-refractivity contribution >= 4 is 50.8 Å². The number of thiazole rings is 1. The molecular formula is C43H47IN6O7S2. The highest BCUT2D eigenvalue weighted by atomic mass is 127. The van der Waals surface area contributed by atoms with Crippen molar-refractivity contribution in [1.82, 2.24) is 15.2 Å². The zero-order valence-corrected chi connectivity index (χ0v) is 36.4. The first-order valence-electron chi connectivity index (χ1n) is 19.7. The molecule has 3 fully saturated rings. The fourth-order valence-electron chi connectivity index (χ4n) is 8.57. The lowest BCUT2D eigenvalue weighted by Gasteiger charge is -2.49. The third kappa shape index (κ3) is 8.73. The van der Waals surface area contributed by atoms with Gasteiger partial charge in [-0.15, -0.1) is 11.3 Å². The maximum Gasteiger partial charge on any atom is 0.352 e. The Morgan fingerprint density at radius 2 is 1.58 bits per heavy atom. The first-order chi connectivity index (χ1) is 28.2. The highest BCUT2D eigenvalue weighted by Crippen LogP contribution is 2.41. The number of halogens is 1. The van der Waals surface area contributed by atoms with Crippen LogP contribution in [0.3, 0.4) is 0 Å². The summed E-state index contributed by atoms with van der Waals surface area (Å²) < 4.78 is 20.2. The molecule has 13 nitrogen and oxygen atoms in total. The van der Waals surface area contributed by atoms with Crippen LogP contribution in [0.2, 0.25) is 0 Å². The van der Waals surface area contributed by atoms with Crippen molar-refractivity contribution < 1.29 is 61.7 Å². The van der Waals surface area contributed by atoms with Gasteiger partial charge in [-0.1, -0.05) is 96.2 Å². The number of quaternary nitrogens is 1. The average Bonchev–Trinajstić information content (AvgIpc) is 3.71. The minimum atomic E-state index is -1.67. The number of piperidine rings is 1. The summed E-state index contributed by atoms with van der Waals surface area (Å²) in [6, 6.07) is 28.9. The molecule has 4 atom stereocenters. The van der Waals surface area contributed by atoms with Crippen LogP contribution in [0, 0.1) is 0 Å². The van der Waals surface area contributed by atoms with E-state index >= 15 is 0 Å². The molecule has 0 radical (unpaired) electrons. The molecule has 3 saturated heterocycles. The summed E-state index contributed by atoms with van der Waals surface area (Å²) in [7, 11) is 0.408. The Bertz CT molecular complexity index is 2130. The smallest absolute Gasteiger partial charge is 0.352 e. The number of aliphatic carboxylic acids is 1. The van der Waals surface area contributed by atoms with Gasteiger partial charge >= 0.3 is 5.97 Å². The largest absolute Gasteiger partial charge is 1.00 e. The number of anilines is 1. The lowest BCUT2D eigenvalue weighted by Crippen LogP contribution is -3.00. The summed E-state index contributed by atoms with van der Waals surface area (Å²) in [4.78, 5) is 52.5. The fourth-order valence-corrected chi connectivity index (χ4v) is 11.0. The Balaban J connectivity index is 0.00000528. The van der Waals surface area contributed by atoms with Gasteiger partial charge in [0.05, 0.1) is 43.3 Å². The van der Waals surface area contributed by atoms with Gasteiger partial charge in [-0.05, 0) is 48.8 Å². The van der Waals surface area contributed by atoms with Crippen LogP contribution in [0.4, 0.5) is 5.13 Å². The monoisotopic (exact) mass is 950 g/mol. The SMILES string of the molecule is C[N+]1(CC2=C(C(=O)O)N3C(=O)C(NC(=O)C(=NOC4CCCCO4)c4csc(NC(c5ccccc5)(c5ccccc5)c5ccccc5)n4)[C@@H]3S(=O)C2)CCCCC1.[I-]. The molecule has 3 unspecified atom stereocenters. The Morgan fingerprint density at radius 3 is 2.14 bits per heavy atom. The average molecular weight is 951 g/mol. The molecule has 5 heterocycles. The van der Waals surface area contributed by atoms with Crippen molar-refractivity contribution in [2.45, 2.75) is 61.8 Å². The number of aromatic nitrogens is 1. The maximum absolute atomic E-state index is 14.3. The second-order valence-electron chi connectivity index (χ2n) is 15.5. The molecule has 8 rings (SSSR count). The van der Waals surface area contributed by atoms with E-state index in [1.807, 2.05) is 54.6 Å². The predicted molar refractivity (Wildman–Crippen MR) is 221 cm³/mol. The van der Waals surface area contributed by atoms with Crippen molar-refractivity contribution in [3.8, 4) is 0 Å². The van der Waals surface area contributed by atoms with E-state index in [1.54, 1.807) is 5.38 Å². The van der Waals surface area contributed by atoms with Crippen molar-refractivity contribution in [1.29, 1.82) is 0 Å². The normalized spacial score (nSPS) is 23.0. The van der Waals surface area contributed by atoms with Crippen LogP contribution in [-0.4, -0.2) is 104 Å². The quantitative estimate of drug-likeness (QED) is 0.0457. The number of benzene rings is 3. The van der Waals surface area contributed by atoms with Crippen LogP contribution in [-0.2, 0) is 40.3 Å². The van der Waals surface area contributed by atoms with E-state index in [0.717, 1.165) is 66.8 Å². The van der Waals surface area contributed by atoms with Crippen LogP contribution in [0.15, 0.2) is 113 Å². The summed E-state index contributed by atoms with van der Waals surface area (Å²) in [5, 5.41) is 22.2. The highest BCUT2D eigenvalue weighted by Gasteiger charge is 2.58. The van der Waals surface area contributed by atoms with Crippen LogP contribution in [0.1, 0.15) is 60.9 Å². The Hall–Kier alpha value is -4.49. The van der Waals surface area contributed by atoms with Gasteiger partial charge in [0.25, 0.3) is 11.8 Å². The molecule has 0 aliphatic carbocycles. The number of hydrogen-bond acceptors (Lipinski definition) is 10. The second kappa shape index (κ2) is 18.4. The van der Waals surface area contributed by atoms with Gasteiger partial charge in [0.1, 0.15) is 34.9 Å². The maximum atomic E-state index is 14.3. The summed E-state index contributed by atoms with van der Waals surface area (Å²) >= 11 is 1.28. The second-order valence-corrected chi connectivity index (χ2v) is 17.9. The van der Waals surface area contributed by atoms with E-state index in [0.29, 0.717) is 34.8 Å². The first-order valence-corrected chi connectivity index (χ1v) is 22.0. The minimum absolute atomic E-state index is 0. The van der Waals surface area contributed by atoms with Crippen LogP contribution >= 0.6 is 11.3 Å². The number of likely N-dealkylation sites (tertiary alicyclic amines) is 1.